The van der Waals surface area contributed by atoms with Gasteiger partial charge in [-0.2, -0.15) is 0 Å². The van der Waals surface area contributed by atoms with Crippen LogP contribution < -0.4 is 5.32 Å². The highest BCUT2D eigenvalue weighted by molar-refractivity contribution is 5.67. The molecular formula is C11H22N2O2. The number of hydrogen-bond acceptors (Lipinski definition) is 3. The zero-order chi connectivity index (χ0) is 11.3. The molecule has 1 N–H and O–H groups in total. The molecule has 0 bridgehead atoms. The molecule has 1 rings (SSSR count). The van der Waals surface area contributed by atoms with Gasteiger partial charge in [0.1, 0.15) is 5.60 Å². The maximum atomic E-state index is 11.2. The summed E-state index contributed by atoms with van der Waals surface area (Å²) in [6, 6.07) is 0. The molecule has 1 aliphatic heterocycles. The lowest BCUT2D eigenvalue weighted by Crippen LogP contribution is -2.39. The molecule has 0 aromatic heterocycles. The maximum Gasteiger partial charge on any atom is 0.407 e. The number of likely N-dealkylation sites (tertiary alicyclic amines) is 1. The Kier molecular flexibility index (Phi) is 4.39. The molecule has 1 amide bonds. The van der Waals surface area contributed by atoms with Crippen LogP contribution in [0.2, 0.25) is 0 Å². The van der Waals surface area contributed by atoms with Gasteiger partial charge in [-0.05, 0) is 53.2 Å². The number of ether oxygens (including phenoxy) is 1. The lowest BCUT2D eigenvalue weighted by atomic mass is 10.2. The monoisotopic (exact) mass is 214 g/mol. The second kappa shape index (κ2) is 5.35. The Morgan fingerprint density at radius 3 is 2.53 bits per heavy atom. The molecule has 1 aliphatic rings. The Balaban J connectivity index is 1.96. The second-order valence-electron chi connectivity index (χ2n) is 4.98. The van der Waals surface area contributed by atoms with Crippen molar-refractivity contribution in [3.8, 4) is 0 Å². The van der Waals surface area contributed by atoms with Gasteiger partial charge < -0.3 is 15.0 Å². The van der Waals surface area contributed by atoms with Crippen LogP contribution in [0.25, 0.3) is 0 Å². The molecule has 0 aliphatic carbocycles. The van der Waals surface area contributed by atoms with Crippen LogP contribution in [0.15, 0.2) is 0 Å². The van der Waals surface area contributed by atoms with Crippen LogP contribution in [0.1, 0.15) is 33.6 Å². The molecule has 1 fully saturated rings. The largest absolute Gasteiger partial charge is 0.444 e. The van der Waals surface area contributed by atoms with E-state index in [0.29, 0.717) is 6.54 Å². The number of alkyl carbamates (subject to hydrolysis) is 1. The quantitative estimate of drug-likeness (QED) is 0.723. The van der Waals surface area contributed by atoms with Crippen molar-refractivity contribution in [3.05, 3.63) is 0 Å². The van der Waals surface area contributed by atoms with E-state index in [4.69, 9.17) is 4.74 Å². The third-order valence-electron chi connectivity index (χ3n) is 2.27. The molecule has 15 heavy (non-hydrogen) atoms. The molecule has 0 aromatic rings. The molecule has 88 valence electrons. The van der Waals surface area contributed by atoms with Gasteiger partial charge in [0, 0.05) is 6.54 Å². The van der Waals surface area contributed by atoms with Crippen molar-refractivity contribution in [1.29, 1.82) is 0 Å². The third-order valence-corrected chi connectivity index (χ3v) is 2.27. The average Bonchev–Trinajstić information content (AvgIpc) is 1.96. The first-order valence-corrected chi connectivity index (χ1v) is 5.66. The smallest absolute Gasteiger partial charge is 0.407 e. The third kappa shape index (κ3) is 5.62. The van der Waals surface area contributed by atoms with E-state index in [0.717, 1.165) is 13.0 Å². The first-order valence-electron chi connectivity index (χ1n) is 5.66. The zero-order valence-corrected chi connectivity index (χ0v) is 10.0. The number of hydrogen-bond donors (Lipinski definition) is 1. The van der Waals surface area contributed by atoms with Crippen LogP contribution in [0, 0.1) is 0 Å². The first kappa shape index (κ1) is 12.3. The molecule has 1 heterocycles. The summed E-state index contributed by atoms with van der Waals surface area (Å²) in [5.74, 6) is 0. The minimum atomic E-state index is -0.401. The maximum absolute atomic E-state index is 11.2. The highest BCUT2D eigenvalue weighted by Gasteiger charge is 2.16. The fourth-order valence-electron chi connectivity index (χ4n) is 1.41. The van der Waals surface area contributed by atoms with Gasteiger partial charge in [0.15, 0.2) is 0 Å². The molecule has 0 aromatic carbocycles. The summed E-state index contributed by atoms with van der Waals surface area (Å²) in [6.45, 7) is 9.81. The van der Waals surface area contributed by atoms with Gasteiger partial charge in [0.25, 0.3) is 0 Å². The standard InChI is InChI=1S/C11H22N2O2/c1-11(2,3)15-10(14)12-6-4-7-13-8-5-9-13/h4-9H2,1-3H3,(H,12,14). The fourth-order valence-corrected chi connectivity index (χ4v) is 1.41. The highest BCUT2D eigenvalue weighted by atomic mass is 16.6. The number of carbonyl (C=O) groups is 1. The van der Waals surface area contributed by atoms with Gasteiger partial charge in [0.2, 0.25) is 0 Å². The first-order chi connectivity index (χ1) is 6.97. The van der Waals surface area contributed by atoms with Gasteiger partial charge in [-0.25, -0.2) is 4.79 Å². The van der Waals surface area contributed by atoms with Gasteiger partial charge >= 0.3 is 6.09 Å². The van der Waals surface area contributed by atoms with E-state index in [1.807, 2.05) is 20.8 Å². The summed E-state index contributed by atoms with van der Waals surface area (Å²) < 4.78 is 5.12. The Morgan fingerprint density at radius 2 is 2.07 bits per heavy atom. The summed E-state index contributed by atoms with van der Waals surface area (Å²) >= 11 is 0. The van der Waals surface area contributed by atoms with E-state index in [1.54, 1.807) is 0 Å². The SMILES string of the molecule is CC(C)(C)OC(=O)NCCCN1CCC1. The second-order valence-corrected chi connectivity index (χ2v) is 4.98. The van der Waals surface area contributed by atoms with Crippen molar-refractivity contribution < 1.29 is 9.53 Å². The van der Waals surface area contributed by atoms with Crippen LogP contribution in [-0.2, 0) is 4.74 Å². The molecule has 0 radical (unpaired) electrons. The molecule has 0 unspecified atom stereocenters. The van der Waals surface area contributed by atoms with Crippen LogP contribution in [0.5, 0.6) is 0 Å². The lowest BCUT2D eigenvalue weighted by molar-refractivity contribution is 0.0524. The summed E-state index contributed by atoms with van der Waals surface area (Å²) in [5.41, 5.74) is -0.401. The molecule has 0 saturated carbocycles. The minimum Gasteiger partial charge on any atom is -0.444 e. The topological polar surface area (TPSA) is 41.6 Å². The van der Waals surface area contributed by atoms with Crippen molar-refractivity contribution in [2.24, 2.45) is 0 Å². The predicted octanol–water partition coefficient (Wildman–Crippen LogP) is 1.61. The van der Waals surface area contributed by atoms with Gasteiger partial charge in [0.05, 0.1) is 0 Å². The van der Waals surface area contributed by atoms with Gasteiger partial charge in [-0.1, -0.05) is 0 Å². The molecule has 0 atom stereocenters. The van der Waals surface area contributed by atoms with Crippen molar-refractivity contribution in [1.82, 2.24) is 10.2 Å². The summed E-state index contributed by atoms with van der Waals surface area (Å²) in [5, 5.41) is 2.75. The van der Waals surface area contributed by atoms with Gasteiger partial charge in [-0.3, -0.25) is 0 Å². The van der Waals surface area contributed by atoms with Crippen molar-refractivity contribution >= 4 is 6.09 Å². The number of rotatable bonds is 4. The van der Waals surface area contributed by atoms with Crippen molar-refractivity contribution in [2.45, 2.75) is 39.2 Å². The Bertz CT molecular complexity index is 207. The lowest BCUT2D eigenvalue weighted by Gasteiger charge is -2.30. The van der Waals surface area contributed by atoms with Crippen molar-refractivity contribution in [2.75, 3.05) is 26.2 Å². The minimum absolute atomic E-state index is 0.314. The van der Waals surface area contributed by atoms with E-state index < -0.39 is 5.60 Å². The van der Waals surface area contributed by atoms with Crippen LogP contribution >= 0.6 is 0 Å². The number of carbonyl (C=O) groups excluding carboxylic acids is 1. The fraction of sp³-hybridized carbons (Fsp3) is 0.909. The average molecular weight is 214 g/mol. The summed E-state index contributed by atoms with van der Waals surface area (Å²) in [7, 11) is 0. The molecular weight excluding hydrogens is 192 g/mol. The zero-order valence-electron chi connectivity index (χ0n) is 10.0. The normalized spacial score (nSPS) is 17.0. The molecule has 4 heteroatoms. The van der Waals surface area contributed by atoms with Crippen LogP contribution in [0.4, 0.5) is 4.79 Å². The molecule has 0 spiro atoms. The van der Waals surface area contributed by atoms with Crippen LogP contribution in [0.3, 0.4) is 0 Å². The van der Waals surface area contributed by atoms with E-state index in [9.17, 15) is 4.79 Å². The molecule has 1 saturated heterocycles. The number of amides is 1. The van der Waals surface area contributed by atoms with Crippen molar-refractivity contribution in [3.63, 3.8) is 0 Å². The highest BCUT2D eigenvalue weighted by Crippen LogP contribution is 2.07. The molecule has 4 nitrogen and oxygen atoms in total. The van der Waals surface area contributed by atoms with E-state index >= 15 is 0 Å². The van der Waals surface area contributed by atoms with E-state index in [2.05, 4.69) is 10.2 Å². The Hall–Kier alpha value is -0.770. The Morgan fingerprint density at radius 1 is 1.40 bits per heavy atom. The summed E-state index contributed by atoms with van der Waals surface area (Å²) in [6.07, 6.45) is 2.00. The number of nitrogens with zero attached hydrogens (tertiary/aromatic N) is 1. The summed E-state index contributed by atoms with van der Waals surface area (Å²) in [4.78, 5) is 13.6. The van der Waals surface area contributed by atoms with Crippen LogP contribution in [-0.4, -0.2) is 42.8 Å². The van der Waals surface area contributed by atoms with Gasteiger partial charge in [-0.15, -0.1) is 0 Å². The van der Waals surface area contributed by atoms with E-state index in [1.165, 1.54) is 19.5 Å². The van der Waals surface area contributed by atoms with E-state index in [-0.39, 0.29) is 6.09 Å². The number of nitrogens with one attached hydrogen (secondary N) is 1. The Labute approximate surface area is 92.0 Å². The predicted molar refractivity (Wildman–Crippen MR) is 59.9 cm³/mol.